The Balaban J connectivity index is 1.98. The largest absolute Gasteiger partial charge is 0.506 e. The molecule has 0 fully saturated rings. The number of phenols is 2. The Morgan fingerprint density at radius 1 is 0.762 bits per heavy atom. The number of nitrogens with one attached hydrogen (secondary N) is 1. The van der Waals surface area contributed by atoms with E-state index in [2.05, 4.69) is 5.32 Å². The second-order valence-electron chi connectivity index (χ2n) is 8.73. The quantitative estimate of drug-likeness (QED) is 0.163. The van der Waals surface area contributed by atoms with Gasteiger partial charge in [-0.25, -0.2) is 27.1 Å². The number of amides is 1. The van der Waals surface area contributed by atoms with Crippen molar-refractivity contribution in [2.75, 3.05) is 41.3 Å². The molecule has 0 aliphatic carbocycles. The predicted octanol–water partition coefficient (Wildman–Crippen LogP) is 1.74. The van der Waals surface area contributed by atoms with E-state index in [1.54, 1.807) is 18.2 Å². The van der Waals surface area contributed by atoms with Crippen molar-refractivity contribution in [3.8, 4) is 11.5 Å². The van der Waals surface area contributed by atoms with Crippen molar-refractivity contribution in [1.29, 1.82) is 0 Å². The average molecular weight is 663 g/mol. The Hall–Kier alpha value is -3.80. The molecule has 0 bridgehead atoms. The van der Waals surface area contributed by atoms with Gasteiger partial charge in [-0.05, 0) is 30.3 Å². The summed E-state index contributed by atoms with van der Waals surface area (Å²) in [6.07, 6.45) is 0. The molecule has 0 aromatic heterocycles. The number of nitrogens with zero attached hydrogens (tertiary/aromatic N) is 2. The highest BCUT2D eigenvalue weighted by molar-refractivity contribution is 7.90. The molecule has 0 unspecified atom stereocenters. The van der Waals surface area contributed by atoms with E-state index in [-0.39, 0.29) is 36.0 Å². The number of nitrogens with two attached hydrogens (primary N) is 2. The lowest BCUT2D eigenvalue weighted by molar-refractivity contribution is -0.135. The first-order valence-electron chi connectivity index (χ1n) is 11.7. The maximum atomic E-state index is 13.2. The number of hydrogen-bond acceptors (Lipinski definition) is 10. The molecule has 8 N–H and O–H groups in total. The van der Waals surface area contributed by atoms with Crippen LogP contribution in [0.4, 0.5) is 17.1 Å². The maximum Gasteiger partial charge on any atom is 0.323 e. The minimum atomic E-state index is -4.67. The third-order valence-electron chi connectivity index (χ3n) is 5.76. The van der Waals surface area contributed by atoms with Crippen LogP contribution in [0.25, 0.3) is 0 Å². The van der Waals surface area contributed by atoms with Crippen LogP contribution in [0, 0.1) is 0 Å². The highest BCUT2D eigenvalue weighted by Crippen LogP contribution is 2.40. The Kier molecular flexibility index (Phi) is 10.1. The summed E-state index contributed by atoms with van der Waals surface area (Å²) >= 11 is 12.2. The summed E-state index contributed by atoms with van der Waals surface area (Å²) in [5.41, 5.74) is -0.253. The molecule has 0 saturated heterocycles. The number of phenolic OH excluding ortho intramolecular Hbond substituents is 2. The molecule has 3 rings (SSSR count). The van der Waals surface area contributed by atoms with Crippen LogP contribution in [0.1, 0.15) is 0 Å². The normalized spacial score (nSPS) is 11.6. The van der Waals surface area contributed by atoms with Crippen molar-refractivity contribution in [1.82, 2.24) is 0 Å². The fourth-order valence-corrected chi connectivity index (χ4v) is 6.18. The molecular weight excluding hydrogens is 637 g/mol. The average Bonchev–Trinajstić information content (AvgIpc) is 2.87. The molecule has 3 aromatic rings. The number of aliphatic carboxylic acids is 1. The van der Waals surface area contributed by atoms with E-state index in [9.17, 15) is 41.7 Å². The third-order valence-corrected chi connectivity index (χ3v) is 8.61. The number of carboxylic acid groups (broad SMARTS) is 1. The zero-order chi connectivity index (χ0) is 31.4. The molecule has 0 heterocycles. The molecule has 0 aliphatic heterocycles. The van der Waals surface area contributed by atoms with E-state index in [1.807, 2.05) is 0 Å². The molecule has 0 spiro atoms. The van der Waals surface area contributed by atoms with Gasteiger partial charge in [-0.1, -0.05) is 47.5 Å². The second-order valence-corrected chi connectivity index (χ2v) is 12.5. The summed E-state index contributed by atoms with van der Waals surface area (Å²) in [5, 5.41) is 41.4. The predicted molar refractivity (Wildman–Crippen MR) is 156 cm³/mol. The summed E-state index contributed by atoms with van der Waals surface area (Å²) in [6, 6.07) is 12.5. The number of carboxylic acids is 1. The smallest absolute Gasteiger partial charge is 0.323 e. The number of benzene rings is 3. The van der Waals surface area contributed by atoms with Gasteiger partial charge in [-0.15, -0.1) is 0 Å². The summed E-state index contributed by atoms with van der Waals surface area (Å²) < 4.78 is 48.3. The van der Waals surface area contributed by atoms with E-state index >= 15 is 0 Å². The number of aromatic hydroxyl groups is 2. The summed E-state index contributed by atoms with van der Waals surface area (Å²) in [6.45, 7) is -1.23. The monoisotopic (exact) mass is 661 g/mol. The maximum absolute atomic E-state index is 13.2. The molecule has 0 radical (unpaired) electrons. The van der Waals surface area contributed by atoms with Gasteiger partial charge in [0, 0.05) is 13.1 Å². The van der Waals surface area contributed by atoms with Crippen molar-refractivity contribution in [3.63, 3.8) is 0 Å². The lowest BCUT2D eigenvalue weighted by Crippen LogP contribution is -2.41. The minimum absolute atomic E-state index is 0.0659. The molecule has 3 aromatic carbocycles. The fourth-order valence-electron chi connectivity index (χ4n) is 3.92. The van der Waals surface area contributed by atoms with Gasteiger partial charge in [0.05, 0.1) is 33.7 Å². The van der Waals surface area contributed by atoms with Crippen LogP contribution >= 0.6 is 23.2 Å². The van der Waals surface area contributed by atoms with Crippen LogP contribution in [-0.4, -0.2) is 70.2 Å². The van der Waals surface area contributed by atoms with Gasteiger partial charge in [-0.2, -0.15) is 0 Å². The number of carbonyl (C=O) groups is 2. The summed E-state index contributed by atoms with van der Waals surface area (Å²) in [7, 11) is -9.22. The molecule has 0 aliphatic rings. The first-order valence-corrected chi connectivity index (χ1v) is 15.5. The van der Waals surface area contributed by atoms with Crippen molar-refractivity contribution in [2.24, 2.45) is 10.3 Å². The standard InChI is InChI=1S/C24H25Cl2N5O9S2/c25-22-18(41(27,37)38)11-19(42(28,39)40)24(23(22)26)29-20(34)12-30(14-5-1-3-7-16(14)32)9-10-31(13-21(35)36)15-6-2-4-8-17(15)33/h1-8,11,32-33H,9-10,12-13H2,(H,29,34)(H,35,36)(H2,27,37,38)(H2,28,39,40). The van der Waals surface area contributed by atoms with Crippen LogP contribution in [-0.2, 0) is 29.6 Å². The van der Waals surface area contributed by atoms with Crippen LogP contribution in [0.3, 0.4) is 0 Å². The molecule has 14 nitrogen and oxygen atoms in total. The minimum Gasteiger partial charge on any atom is -0.506 e. The zero-order valence-corrected chi connectivity index (χ0v) is 24.6. The number of anilines is 3. The van der Waals surface area contributed by atoms with Gasteiger partial charge in [0.1, 0.15) is 27.8 Å². The van der Waals surface area contributed by atoms with Gasteiger partial charge in [-0.3, -0.25) is 9.59 Å². The Morgan fingerprint density at radius 2 is 1.21 bits per heavy atom. The van der Waals surface area contributed by atoms with Crippen molar-refractivity contribution < 1.29 is 41.7 Å². The lowest BCUT2D eigenvalue weighted by atomic mass is 10.2. The van der Waals surface area contributed by atoms with Gasteiger partial charge in [0.25, 0.3) is 0 Å². The highest BCUT2D eigenvalue weighted by atomic mass is 35.5. The van der Waals surface area contributed by atoms with E-state index in [4.69, 9.17) is 33.5 Å². The number of primary sulfonamides is 2. The molecule has 226 valence electrons. The summed E-state index contributed by atoms with van der Waals surface area (Å²) in [5.74, 6) is -2.52. The van der Waals surface area contributed by atoms with E-state index in [1.165, 1.54) is 40.1 Å². The van der Waals surface area contributed by atoms with Crippen molar-refractivity contribution >= 4 is 72.2 Å². The second kappa shape index (κ2) is 13.0. The summed E-state index contributed by atoms with van der Waals surface area (Å²) in [4.78, 5) is 25.7. The van der Waals surface area contributed by atoms with Crippen LogP contribution in [0.2, 0.25) is 10.0 Å². The van der Waals surface area contributed by atoms with Crippen LogP contribution in [0.15, 0.2) is 64.4 Å². The molecule has 18 heteroatoms. The Bertz CT molecular complexity index is 1740. The molecular formula is C24H25Cl2N5O9S2. The van der Waals surface area contributed by atoms with Crippen LogP contribution in [0.5, 0.6) is 11.5 Å². The Labute approximate surface area is 250 Å². The topological polar surface area (TPSA) is 234 Å². The number of carbonyl (C=O) groups excluding carboxylic acids is 1. The van der Waals surface area contributed by atoms with Crippen molar-refractivity contribution in [2.45, 2.75) is 9.79 Å². The fraction of sp³-hybridized carbons (Fsp3) is 0.167. The van der Waals surface area contributed by atoms with Gasteiger partial charge in [0.15, 0.2) is 0 Å². The molecule has 0 saturated carbocycles. The lowest BCUT2D eigenvalue weighted by Gasteiger charge is -2.30. The van der Waals surface area contributed by atoms with Gasteiger partial charge >= 0.3 is 5.97 Å². The molecule has 1 amide bonds. The first kappa shape index (κ1) is 32.7. The number of hydrogen-bond donors (Lipinski definition) is 6. The van der Waals surface area contributed by atoms with Crippen molar-refractivity contribution in [3.05, 3.63) is 64.6 Å². The number of para-hydroxylation sites is 4. The van der Waals surface area contributed by atoms with Gasteiger partial charge in [0.2, 0.25) is 26.0 Å². The SMILES string of the molecule is NS(=O)(=O)c1cc(S(N)(=O)=O)c(NC(=O)CN(CCN(CC(=O)O)c2ccccc2O)c2ccccc2O)c(Cl)c1Cl. The number of sulfonamides is 2. The van der Waals surface area contributed by atoms with E-state index in [0.29, 0.717) is 6.07 Å². The zero-order valence-electron chi connectivity index (χ0n) is 21.4. The Morgan fingerprint density at radius 3 is 1.64 bits per heavy atom. The van der Waals surface area contributed by atoms with Gasteiger partial charge < -0.3 is 30.4 Å². The van der Waals surface area contributed by atoms with E-state index in [0.717, 1.165) is 0 Å². The first-order chi connectivity index (χ1) is 19.5. The molecule has 42 heavy (non-hydrogen) atoms. The highest BCUT2D eigenvalue weighted by Gasteiger charge is 2.28. The molecule has 0 atom stereocenters. The van der Waals surface area contributed by atoms with E-state index < -0.39 is 70.5 Å². The number of halogens is 2. The van der Waals surface area contributed by atoms with Crippen LogP contribution < -0.4 is 25.4 Å². The third kappa shape index (κ3) is 7.93. The number of rotatable bonds is 12.